The number of aromatic nitrogens is 1. The van der Waals surface area contributed by atoms with Crippen molar-refractivity contribution in [3.63, 3.8) is 0 Å². The van der Waals surface area contributed by atoms with Gasteiger partial charge in [0.15, 0.2) is 11.5 Å². The van der Waals surface area contributed by atoms with E-state index in [1.165, 1.54) is 0 Å². The third-order valence-corrected chi connectivity index (χ3v) is 3.42. The van der Waals surface area contributed by atoms with E-state index in [0.29, 0.717) is 21.9 Å². The molecule has 2 rings (SSSR count). The van der Waals surface area contributed by atoms with Crippen molar-refractivity contribution < 1.29 is 19.3 Å². The molecule has 1 N–H and O–H groups in total. The molecule has 2 aromatic rings. The molecular formula is C15H16BrNO4. The minimum absolute atomic E-state index is 0.0628. The molecule has 6 heteroatoms. The van der Waals surface area contributed by atoms with Gasteiger partial charge < -0.3 is 19.3 Å². The van der Waals surface area contributed by atoms with Gasteiger partial charge in [0.05, 0.1) is 31.0 Å². The zero-order valence-electron chi connectivity index (χ0n) is 11.8. The molecule has 0 unspecified atom stereocenters. The van der Waals surface area contributed by atoms with Crippen molar-refractivity contribution in [2.75, 3.05) is 14.2 Å². The van der Waals surface area contributed by atoms with Crippen molar-refractivity contribution in [2.24, 2.45) is 0 Å². The lowest BCUT2D eigenvalue weighted by molar-refractivity contribution is 0.270. The topological polar surface area (TPSA) is 60.8 Å². The Morgan fingerprint density at radius 1 is 1.19 bits per heavy atom. The minimum Gasteiger partial charge on any atom is -0.493 e. The molecule has 0 saturated carbocycles. The fourth-order valence-electron chi connectivity index (χ4n) is 1.80. The van der Waals surface area contributed by atoms with Gasteiger partial charge in [0.1, 0.15) is 6.61 Å². The van der Waals surface area contributed by atoms with E-state index < -0.39 is 0 Å². The Labute approximate surface area is 131 Å². The lowest BCUT2D eigenvalue weighted by atomic mass is 10.2. The van der Waals surface area contributed by atoms with Crippen LogP contribution < -0.4 is 14.2 Å². The first-order chi connectivity index (χ1) is 10.2. The number of pyridine rings is 1. The Balaban J connectivity index is 2.19. The molecule has 0 aliphatic heterocycles. The second-order valence-corrected chi connectivity index (χ2v) is 5.08. The lowest BCUT2D eigenvalue weighted by Gasteiger charge is -2.14. The van der Waals surface area contributed by atoms with Gasteiger partial charge >= 0.3 is 0 Å². The van der Waals surface area contributed by atoms with E-state index in [1.54, 1.807) is 32.4 Å². The maximum atomic E-state index is 9.20. The van der Waals surface area contributed by atoms with Crippen molar-refractivity contribution in [2.45, 2.75) is 13.2 Å². The smallest absolute Gasteiger partial charge is 0.213 e. The number of rotatable bonds is 6. The molecule has 0 atom stereocenters. The molecule has 112 valence electrons. The van der Waals surface area contributed by atoms with Crippen LogP contribution in [0.15, 0.2) is 34.8 Å². The van der Waals surface area contributed by atoms with Crippen molar-refractivity contribution in [1.82, 2.24) is 4.98 Å². The molecule has 21 heavy (non-hydrogen) atoms. The Hall–Kier alpha value is -1.79. The predicted molar refractivity (Wildman–Crippen MR) is 81.7 cm³/mol. The van der Waals surface area contributed by atoms with Crippen LogP contribution in [0.4, 0.5) is 0 Å². The molecule has 0 fully saturated rings. The number of ether oxygens (including phenoxy) is 3. The Bertz CT molecular complexity index is 619. The summed E-state index contributed by atoms with van der Waals surface area (Å²) in [4.78, 5) is 4.28. The third kappa shape index (κ3) is 3.86. The highest BCUT2D eigenvalue weighted by Gasteiger charge is 2.12. The number of aliphatic hydroxyl groups excluding tert-OH is 1. The molecule has 0 radical (unpaired) electrons. The highest BCUT2D eigenvalue weighted by molar-refractivity contribution is 9.10. The number of benzene rings is 1. The summed E-state index contributed by atoms with van der Waals surface area (Å²) in [5, 5.41) is 9.20. The second-order valence-electron chi connectivity index (χ2n) is 4.23. The number of hydrogen-bond acceptors (Lipinski definition) is 5. The largest absolute Gasteiger partial charge is 0.493 e. The average Bonchev–Trinajstić information content (AvgIpc) is 2.53. The first kappa shape index (κ1) is 15.6. The number of nitrogens with zero attached hydrogens (tertiary/aromatic N) is 1. The van der Waals surface area contributed by atoms with E-state index in [9.17, 15) is 5.11 Å². The fraction of sp³-hybridized carbons (Fsp3) is 0.267. The molecule has 0 saturated heterocycles. The maximum Gasteiger partial charge on any atom is 0.213 e. The van der Waals surface area contributed by atoms with Crippen molar-refractivity contribution in [3.05, 3.63) is 46.1 Å². The Morgan fingerprint density at radius 3 is 2.67 bits per heavy atom. The van der Waals surface area contributed by atoms with Gasteiger partial charge in [0.25, 0.3) is 0 Å². The molecule has 0 spiro atoms. The van der Waals surface area contributed by atoms with E-state index in [4.69, 9.17) is 14.2 Å². The van der Waals surface area contributed by atoms with Gasteiger partial charge in [-0.25, -0.2) is 4.98 Å². The highest BCUT2D eigenvalue weighted by Crippen LogP contribution is 2.37. The molecule has 1 aromatic carbocycles. The van der Waals surface area contributed by atoms with Gasteiger partial charge in [-0.2, -0.15) is 0 Å². The summed E-state index contributed by atoms with van der Waals surface area (Å²) >= 11 is 3.42. The molecule has 0 bridgehead atoms. The summed E-state index contributed by atoms with van der Waals surface area (Å²) in [7, 11) is 3.12. The molecule has 0 aliphatic rings. The standard InChI is InChI=1S/C15H16BrNO4/c1-19-13-7-10(8-18)6-12(16)15(13)21-9-11-4-3-5-14(17-11)20-2/h3-7,18H,8-9H2,1-2H3. The van der Waals surface area contributed by atoms with E-state index in [0.717, 1.165) is 11.3 Å². The maximum absolute atomic E-state index is 9.20. The number of halogens is 1. The van der Waals surface area contributed by atoms with Crippen LogP contribution in [-0.4, -0.2) is 24.3 Å². The van der Waals surface area contributed by atoms with Gasteiger partial charge in [-0.1, -0.05) is 6.07 Å². The van der Waals surface area contributed by atoms with E-state index in [-0.39, 0.29) is 13.2 Å². The third-order valence-electron chi connectivity index (χ3n) is 2.83. The monoisotopic (exact) mass is 353 g/mol. The van der Waals surface area contributed by atoms with Crippen molar-refractivity contribution >= 4 is 15.9 Å². The van der Waals surface area contributed by atoms with Crippen LogP contribution in [0.25, 0.3) is 0 Å². The van der Waals surface area contributed by atoms with Crippen LogP contribution in [0.1, 0.15) is 11.3 Å². The summed E-state index contributed by atoms with van der Waals surface area (Å²) in [5.41, 5.74) is 1.49. The summed E-state index contributed by atoms with van der Waals surface area (Å²) in [5.74, 6) is 1.66. The normalized spacial score (nSPS) is 10.3. The second kappa shape index (κ2) is 7.28. The van der Waals surface area contributed by atoms with Crippen LogP contribution >= 0.6 is 15.9 Å². The molecule has 0 amide bonds. The van der Waals surface area contributed by atoms with Gasteiger partial charge in [0, 0.05) is 6.07 Å². The van der Waals surface area contributed by atoms with Crippen molar-refractivity contribution in [1.29, 1.82) is 0 Å². The number of aliphatic hydroxyl groups is 1. The SMILES string of the molecule is COc1cccc(COc2c(Br)cc(CO)cc2OC)n1. The van der Waals surface area contributed by atoms with Crippen LogP contribution in [0.2, 0.25) is 0 Å². The van der Waals surface area contributed by atoms with Crippen LogP contribution in [0, 0.1) is 0 Å². The molecule has 0 aliphatic carbocycles. The summed E-state index contributed by atoms with van der Waals surface area (Å²) < 4.78 is 16.9. The van der Waals surface area contributed by atoms with E-state index >= 15 is 0 Å². The van der Waals surface area contributed by atoms with Crippen molar-refractivity contribution in [3.8, 4) is 17.4 Å². The van der Waals surface area contributed by atoms with E-state index in [1.807, 2.05) is 12.1 Å². The van der Waals surface area contributed by atoms with Gasteiger partial charge in [-0.15, -0.1) is 0 Å². The van der Waals surface area contributed by atoms with Gasteiger partial charge in [-0.3, -0.25) is 0 Å². The van der Waals surface area contributed by atoms with Crippen LogP contribution in [-0.2, 0) is 13.2 Å². The molecule has 1 aromatic heterocycles. The highest BCUT2D eigenvalue weighted by atomic mass is 79.9. The summed E-state index contributed by atoms with van der Waals surface area (Å²) in [6.45, 7) is 0.220. The van der Waals surface area contributed by atoms with Crippen LogP contribution in [0.5, 0.6) is 17.4 Å². The average molecular weight is 354 g/mol. The van der Waals surface area contributed by atoms with Gasteiger partial charge in [-0.05, 0) is 39.7 Å². The minimum atomic E-state index is -0.0628. The lowest BCUT2D eigenvalue weighted by Crippen LogP contribution is -2.02. The number of hydrogen-bond donors (Lipinski definition) is 1. The first-order valence-corrected chi connectivity index (χ1v) is 7.07. The zero-order chi connectivity index (χ0) is 15.2. The quantitative estimate of drug-likeness (QED) is 0.864. The van der Waals surface area contributed by atoms with Crippen LogP contribution in [0.3, 0.4) is 0 Å². The number of methoxy groups -OCH3 is 2. The fourth-order valence-corrected chi connectivity index (χ4v) is 2.41. The molecular weight excluding hydrogens is 338 g/mol. The summed E-state index contributed by atoms with van der Waals surface area (Å²) in [6.07, 6.45) is 0. The zero-order valence-corrected chi connectivity index (χ0v) is 13.4. The predicted octanol–water partition coefficient (Wildman–Crippen LogP) is 2.93. The molecule has 5 nitrogen and oxygen atoms in total. The Morgan fingerprint density at radius 2 is 2.00 bits per heavy atom. The Kier molecular flexibility index (Phi) is 5.41. The van der Waals surface area contributed by atoms with Gasteiger partial charge in [0.2, 0.25) is 5.88 Å². The first-order valence-electron chi connectivity index (χ1n) is 6.28. The summed E-state index contributed by atoms with van der Waals surface area (Å²) in [6, 6.07) is 9.00. The molecule has 1 heterocycles. The van der Waals surface area contributed by atoms with E-state index in [2.05, 4.69) is 20.9 Å².